The van der Waals surface area contributed by atoms with Crippen molar-refractivity contribution >= 4 is 11.9 Å². The Balaban J connectivity index is 2.03. The van der Waals surface area contributed by atoms with Gasteiger partial charge in [-0.25, -0.2) is 4.79 Å². The van der Waals surface area contributed by atoms with Gasteiger partial charge in [-0.2, -0.15) is 0 Å². The molecule has 0 unspecified atom stereocenters. The number of ether oxygens (including phenoxy) is 2. The maximum absolute atomic E-state index is 12.2. The smallest absolute Gasteiger partial charge is 0.326 e. The normalized spacial score (nSPS) is 11.4. The van der Waals surface area contributed by atoms with Crippen LogP contribution in [0.25, 0.3) is 0 Å². The van der Waals surface area contributed by atoms with Crippen LogP contribution in [-0.2, 0) is 22.4 Å². The molecule has 0 heterocycles. The molecule has 0 aliphatic heterocycles. The summed E-state index contributed by atoms with van der Waals surface area (Å²) in [5.41, 5.74) is 1.56. The Morgan fingerprint density at radius 2 is 1.68 bits per heavy atom. The highest BCUT2D eigenvalue weighted by Gasteiger charge is 2.20. The van der Waals surface area contributed by atoms with Crippen molar-refractivity contribution in [1.29, 1.82) is 0 Å². The van der Waals surface area contributed by atoms with E-state index in [1.807, 2.05) is 30.3 Å². The number of carboxylic acids is 1. The van der Waals surface area contributed by atoms with E-state index in [9.17, 15) is 14.7 Å². The van der Waals surface area contributed by atoms with E-state index >= 15 is 0 Å². The molecule has 0 saturated carbocycles. The second kappa shape index (κ2) is 8.73. The minimum absolute atomic E-state index is 0.0545. The highest BCUT2D eigenvalue weighted by molar-refractivity contribution is 5.85. The number of hydrogen-bond donors (Lipinski definition) is 2. The molecule has 0 fully saturated rings. The van der Waals surface area contributed by atoms with Crippen LogP contribution >= 0.6 is 0 Å². The van der Waals surface area contributed by atoms with Gasteiger partial charge in [-0.15, -0.1) is 0 Å². The first-order valence-corrected chi connectivity index (χ1v) is 7.80. The minimum atomic E-state index is -1.07. The van der Waals surface area contributed by atoms with Crippen LogP contribution in [0.3, 0.4) is 0 Å². The summed E-state index contributed by atoms with van der Waals surface area (Å²) >= 11 is 0. The van der Waals surface area contributed by atoms with Crippen molar-refractivity contribution in [2.45, 2.75) is 18.9 Å². The summed E-state index contributed by atoms with van der Waals surface area (Å²) in [6.07, 6.45) is 0.284. The first kappa shape index (κ1) is 18.3. The summed E-state index contributed by atoms with van der Waals surface area (Å²) in [6.45, 7) is 0. The van der Waals surface area contributed by atoms with Crippen LogP contribution in [-0.4, -0.2) is 37.2 Å². The molecule has 0 bridgehead atoms. The number of amides is 1. The van der Waals surface area contributed by atoms with E-state index < -0.39 is 12.0 Å². The average Bonchev–Trinajstić information content (AvgIpc) is 2.61. The Morgan fingerprint density at radius 1 is 1.00 bits per heavy atom. The zero-order valence-electron chi connectivity index (χ0n) is 14.2. The van der Waals surface area contributed by atoms with Crippen molar-refractivity contribution in [3.63, 3.8) is 0 Å². The van der Waals surface area contributed by atoms with Crippen molar-refractivity contribution < 1.29 is 24.2 Å². The van der Waals surface area contributed by atoms with Crippen LogP contribution in [0.1, 0.15) is 11.1 Å². The molecule has 2 aromatic carbocycles. The van der Waals surface area contributed by atoms with Gasteiger partial charge in [0.1, 0.15) is 6.04 Å². The molecule has 2 rings (SSSR count). The van der Waals surface area contributed by atoms with Crippen LogP contribution < -0.4 is 14.8 Å². The van der Waals surface area contributed by atoms with Crippen molar-refractivity contribution in [2.24, 2.45) is 0 Å². The molecular weight excluding hydrogens is 322 g/mol. The van der Waals surface area contributed by atoms with Crippen LogP contribution in [0.4, 0.5) is 0 Å². The standard InChI is InChI=1S/C19H21NO5/c1-24-16-9-8-14(11-17(16)25-2)12-18(21)20-15(19(22)23)10-13-6-4-3-5-7-13/h3-9,11,15H,10,12H2,1-2H3,(H,20,21)(H,22,23)/t15-/m1/s1. The van der Waals surface area contributed by atoms with E-state index in [4.69, 9.17) is 9.47 Å². The lowest BCUT2D eigenvalue weighted by atomic mass is 10.1. The largest absolute Gasteiger partial charge is 0.493 e. The lowest BCUT2D eigenvalue weighted by Gasteiger charge is -2.15. The van der Waals surface area contributed by atoms with Crippen LogP contribution in [0.15, 0.2) is 48.5 Å². The van der Waals surface area contributed by atoms with Gasteiger partial charge >= 0.3 is 5.97 Å². The molecular formula is C19H21NO5. The fraction of sp³-hybridized carbons (Fsp3) is 0.263. The number of rotatable bonds is 8. The molecule has 0 spiro atoms. The second-order valence-corrected chi connectivity index (χ2v) is 5.51. The van der Waals surface area contributed by atoms with E-state index in [0.29, 0.717) is 17.1 Å². The zero-order chi connectivity index (χ0) is 18.2. The third-order valence-electron chi connectivity index (χ3n) is 3.73. The van der Waals surface area contributed by atoms with Crippen molar-refractivity contribution in [3.8, 4) is 11.5 Å². The molecule has 2 aromatic rings. The van der Waals surface area contributed by atoms with Gasteiger partial charge in [-0.05, 0) is 23.3 Å². The fourth-order valence-electron chi connectivity index (χ4n) is 2.47. The summed E-state index contributed by atoms with van der Waals surface area (Å²) in [5, 5.41) is 11.9. The molecule has 0 aromatic heterocycles. The number of aliphatic carboxylic acids is 1. The predicted molar refractivity (Wildman–Crippen MR) is 93.0 cm³/mol. The van der Waals surface area contributed by atoms with Gasteiger partial charge in [-0.1, -0.05) is 36.4 Å². The molecule has 25 heavy (non-hydrogen) atoms. The number of benzene rings is 2. The number of carboxylic acid groups (broad SMARTS) is 1. The fourth-order valence-corrected chi connectivity index (χ4v) is 2.47. The minimum Gasteiger partial charge on any atom is -0.493 e. The molecule has 0 saturated heterocycles. The number of nitrogens with one attached hydrogen (secondary N) is 1. The quantitative estimate of drug-likeness (QED) is 0.766. The van der Waals surface area contributed by atoms with Crippen LogP contribution in [0.5, 0.6) is 11.5 Å². The van der Waals surface area contributed by atoms with Crippen molar-refractivity contribution in [2.75, 3.05) is 14.2 Å². The van der Waals surface area contributed by atoms with Crippen LogP contribution in [0, 0.1) is 0 Å². The van der Waals surface area contributed by atoms with E-state index in [2.05, 4.69) is 5.32 Å². The number of carbonyl (C=O) groups excluding carboxylic acids is 1. The topological polar surface area (TPSA) is 84.9 Å². The molecule has 1 atom stereocenters. The van der Waals surface area contributed by atoms with Crippen molar-refractivity contribution in [3.05, 3.63) is 59.7 Å². The predicted octanol–water partition coefficient (Wildman–Crippen LogP) is 2.06. The highest BCUT2D eigenvalue weighted by atomic mass is 16.5. The zero-order valence-corrected chi connectivity index (χ0v) is 14.2. The first-order valence-electron chi connectivity index (χ1n) is 7.80. The summed E-state index contributed by atoms with van der Waals surface area (Å²) in [4.78, 5) is 23.6. The Morgan fingerprint density at radius 3 is 2.28 bits per heavy atom. The third kappa shape index (κ3) is 5.24. The molecule has 0 aliphatic rings. The van der Waals surface area contributed by atoms with Gasteiger partial charge in [0.2, 0.25) is 5.91 Å². The second-order valence-electron chi connectivity index (χ2n) is 5.51. The summed E-state index contributed by atoms with van der Waals surface area (Å²) in [5.74, 6) is -0.342. The molecule has 132 valence electrons. The lowest BCUT2D eigenvalue weighted by molar-refractivity contribution is -0.141. The average molecular weight is 343 g/mol. The summed E-state index contributed by atoms with van der Waals surface area (Å²) in [7, 11) is 3.05. The summed E-state index contributed by atoms with van der Waals surface area (Å²) < 4.78 is 10.4. The SMILES string of the molecule is COc1ccc(CC(=O)N[C@H](Cc2ccccc2)C(=O)O)cc1OC. The molecule has 2 N–H and O–H groups in total. The van der Waals surface area contributed by atoms with E-state index in [1.54, 1.807) is 18.2 Å². The van der Waals surface area contributed by atoms with Crippen molar-refractivity contribution in [1.82, 2.24) is 5.32 Å². The van der Waals surface area contributed by atoms with Gasteiger partial charge in [0.25, 0.3) is 0 Å². The first-order chi connectivity index (χ1) is 12.0. The molecule has 0 radical (unpaired) electrons. The van der Waals surface area contributed by atoms with Crippen LogP contribution in [0.2, 0.25) is 0 Å². The highest BCUT2D eigenvalue weighted by Crippen LogP contribution is 2.27. The van der Waals surface area contributed by atoms with Gasteiger partial charge < -0.3 is 19.9 Å². The number of hydrogen-bond acceptors (Lipinski definition) is 4. The van der Waals surface area contributed by atoms with E-state index in [1.165, 1.54) is 14.2 Å². The number of methoxy groups -OCH3 is 2. The third-order valence-corrected chi connectivity index (χ3v) is 3.73. The van der Waals surface area contributed by atoms with E-state index in [-0.39, 0.29) is 18.7 Å². The Bertz CT molecular complexity index is 730. The lowest BCUT2D eigenvalue weighted by Crippen LogP contribution is -2.43. The summed E-state index contributed by atoms with van der Waals surface area (Å²) in [6, 6.07) is 13.4. The van der Waals surface area contributed by atoms with Gasteiger partial charge in [-0.3, -0.25) is 4.79 Å². The maximum atomic E-state index is 12.2. The van der Waals surface area contributed by atoms with E-state index in [0.717, 1.165) is 5.56 Å². The van der Waals surface area contributed by atoms with Gasteiger partial charge in [0.15, 0.2) is 11.5 Å². The molecule has 0 aliphatic carbocycles. The van der Waals surface area contributed by atoms with Gasteiger partial charge in [0, 0.05) is 6.42 Å². The Hall–Kier alpha value is -3.02. The van der Waals surface area contributed by atoms with Gasteiger partial charge in [0.05, 0.1) is 20.6 Å². The maximum Gasteiger partial charge on any atom is 0.326 e. The molecule has 1 amide bonds. The Labute approximate surface area is 146 Å². The molecule has 6 nitrogen and oxygen atoms in total. The Kier molecular flexibility index (Phi) is 6.39. The molecule has 6 heteroatoms. The monoisotopic (exact) mass is 343 g/mol. The number of carbonyl (C=O) groups is 2.